The number of ether oxygens (including phenoxy) is 4. The Morgan fingerprint density at radius 1 is 0.814 bits per heavy atom. The second-order valence-corrected chi connectivity index (χ2v) is 12.2. The van der Waals surface area contributed by atoms with Crippen molar-refractivity contribution < 1.29 is 42.9 Å². The van der Waals surface area contributed by atoms with Crippen LogP contribution >= 0.6 is 0 Å². The zero-order chi connectivity index (χ0) is 30.7. The number of hydrogen-bond donors (Lipinski definition) is 0. The number of rotatable bonds is 8. The molecule has 1 saturated carbocycles. The smallest absolute Gasteiger partial charge is 0.411 e. The van der Waals surface area contributed by atoms with Crippen molar-refractivity contribution in [3.8, 4) is 16.9 Å². The highest BCUT2D eigenvalue weighted by Crippen LogP contribution is 2.38. The third-order valence-corrected chi connectivity index (χ3v) is 7.94. The molecule has 1 aliphatic carbocycles. The molecule has 3 aliphatic rings. The van der Waals surface area contributed by atoms with Gasteiger partial charge in [0.05, 0.1) is 5.92 Å². The molecule has 0 bridgehead atoms. The molecule has 10 nitrogen and oxygen atoms in total. The molecule has 5 rings (SSSR count). The molecule has 2 fully saturated rings. The maximum Gasteiger partial charge on any atom is 0.411 e. The number of ketones is 2. The fraction of sp³-hybridized carbons (Fsp3) is 0.485. The molecule has 2 aromatic carbocycles. The summed E-state index contributed by atoms with van der Waals surface area (Å²) in [5.74, 6) is -1.23. The predicted molar refractivity (Wildman–Crippen MR) is 155 cm³/mol. The van der Waals surface area contributed by atoms with E-state index in [2.05, 4.69) is 0 Å². The largest absolute Gasteiger partial charge is 0.488 e. The summed E-state index contributed by atoms with van der Waals surface area (Å²) in [5, 5.41) is 0. The van der Waals surface area contributed by atoms with Gasteiger partial charge in [0.1, 0.15) is 24.0 Å². The van der Waals surface area contributed by atoms with E-state index in [0.717, 1.165) is 42.4 Å². The summed E-state index contributed by atoms with van der Waals surface area (Å²) in [6, 6.07) is 9.48. The van der Waals surface area contributed by atoms with Crippen molar-refractivity contribution in [3.63, 3.8) is 0 Å². The molecule has 0 N–H and O–H groups in total. The summed E-state index contributed by atoms with van der Waals surface area (Å²) in [4.78, 5) is 64.4. The van der Waals surface area contributed by atoms with E-state index < -0.39 is 36.1 Å². The molecule has 2 heterocycles. The Kier molecular flexibility index (Phi) is 8.84. The molecule has 0 unspecified atom stereocenters. The highest BCUT2D eigenvalue weighted by atomic mass is 16.6. The first-order valence-electron chi connectivity index (χ1n) is 14.8. The Labute approximate surface area is 250 Å². The van der Waals surface area contributed by atoms with Gasteiger partial charge in [-0.25, -0.2) is 9.59 Å². The number of hydrogen-bond acceptors (Lipinski definition) is 9. The number of likely N-dealkylation sites (tertiary alicyclic amines) is 1. The van der Waals surface area contributed by atoms with Gasteiger partial charge in [-0.2, -0.15) is 0 Å². The molecule has 43 heavy (non-hydrogen) atoms. The average Bonchev–Trinajstić information content (AvgIpc) is 3.70. The lowest BCUT2D eigenvalue weighted by atomic mass is 9.93. The van der Waals surface area contributed by atoms with E-state index in [1.54, 1.807) is 51.1 Å². The van der Waals surface area contributed by atoms with Crippen LogP contribution in [0.1, 0.15) is 85.6 Å². The monoisotopic (exact) mass is 591 g/mol. The molecule has 10 heteroatoms. The first-order valence-corrected chi connectivity index (χ1v) is 14.8. The van der Waals surface area contributed by atoms with Crippen LogP contribution in [0.3, 0.4) is 0 Å². The first-order chi connectivity index (χ1) is 20.5. The highest BCUT2D eigenvalue weighted by molar-refractivity contribution is 6.00. The third kappa shape index (κ3) is 7.06. The Bertz CT molecular complexity index is 1430. The minimum atomic E-state index is -0.790. The van der Waals surface area contributed by atoms with Crippen LogP contribution in [0.15, 0.2) is 36.4 Å². The lowest BCUT2D eigenvalue weighted by molar-refractivity contribution is -0.148. The highest BCUT2D eigenvalue weighted by Gasteiger charge is 2.38. The second-order valence-electron chi connectivity index (χ2n) is 12.2. The van der Waals surface area contributed by atoms with E-state index in [1.165, 1.54) is 4.90 Å². The Balaban J connectivity index is 1.18. The number of fused-ring (bicyclic) bond motifs is 3. The van der Waals surface area contributed by atoms with E-state index in [4.69, 9.17) is 18.9 Å². The van der Waals surface area contributed by atoms with E-state index >= 15 is 0 Å². The molecule has 1 atom stereocenters. The van der Waals surface area contributed by atoms with Crippen LogP contribution in [-0.4, -0.2) is 65.9 Å². The van der Waals surface area contributed by atoms with Gasteiger partial charge in [-0.3, -0.25) is 19.3 Å². The molecule has 0 radical (unpaired) electrons. The SMILES string of the molecule is CC(C)(C)OC(=O)N1CCC[C@@H]1C(=O)OCC(=O)c1ccc2c(c1)OCc1cc(C(=O)COC(=O)C3CCCC3)ccc1-2. The van der Waals surface area contributed by atoms with Crippen molar-refractivity contribution in [2.45, 2.75) is 77.5 Å². The fourth-order valence-corrected chi connectivity index (χ4v) is 5.71. The van der Waals surface area contributed by atoms with Crippen molar-refractivity contribution in [2.24, 2.45) is 5.92 Å². The van der Waals surface area contributed by atoms with Crippen LogP contribution < -0.4 is 4.74 Å². The Morgan fingerprint density at radius 3 is 2.12 bits per heavy atom. The van der Waals surface area contributed by atoms with Gasteiger partial charge >= 0.3 is 18.0 Å². The summed E-state index contributed by atoms with van der Waals surface area (Å²) in [6.45, 7) is 5.08. The maximum atomic E-state index is 12.9. The van der Waals surface area contributed by atoms with Crippen LogP contribution in [0.5, 0.6) is 5.75 Å². The normalized spacial score (nSPS) is 17.8. The number of carbonyl (C=O) groups is 5. The molecule has 2 aliphatic heterocycles. The van der Waals surface area contributed by atoms with Crippen molar-refractivity contribution in [3.05, 3.63) is 53.1 Å². The van der Waals surface area contributed by atoms with Crippen molar-refractivity contribution in [2.75, 3.05) is 19.8 Å². The number of Topliss-reactive ketones (excluding diaryl/α,β-unsaturated/α-hetero) is 2. The first kappa shape index (κ1) is 30.3. The number of carbonyl (C=O) groups excluding carboxylic acids is 5. The van der Waals surface area contributed by atoms with Crippen LogP contribution in [0.2, 0.25) is 0 Å². The standard InChI is InChI=1S/C33H37NO9/c1-33(2,3)43-32(39)34-14-6-9-26(34)31(38)42-19-28(36)22-11-13-25-24-12-10-21(15-23(24)17-40-29(25)16-22)27(35)18-41-30(37)20-7-4-5-8-20/h10-13,15-16,20,26H,4-9,14,17-19H2,1-3H3/t26-/m1/s1. The number of esters is 2. The average molecular weight is 592 g/mol. The summed E-state index contributed by atoms with van der Waals surface area (Å²) < 4.78 is 21.9. The van der Waals surface area contributed by atoms with Gasteiger partial charge < -0.3 is 18.9 Å². The lowest BCUT2D eigenvalue weighted by Gasteiger charge is -2.27. The molecule has 2 aromatic rings. The van der Waals surface area contributed by atoms with Gasteiger partial charge in [-0.15, -0.1) is 0 Å². The molecule has 0 aromatic heterocycles. The van der Waals surface area contributed by atoms with Crippen molar-refractivity contribution in [1.82, 2.24) is 4.90 Å². The summed E-state index contributed by atoms with van der Waals surface area (Å²) >= 11 is 0. The summed E-state index contributed by atoms with van der Waals surface area (Å²) in [7, 11) is 0. The van der Waals surface area contributed by atoms with Crippen LogP contribution in [-0.2, 0) is 30.4 Å². The quantitative estimate of drug-likeness (QED) is 0.229. The van der Waals surface area contributed by atoms with Gasteiger partial charge in [-0.1, -0.05) is 31.0 Å². The summed E-state index contributed by atoms with van der Waals surface area (Å²) in [6.07, 6.45) is 4.16. The van der Waals surface area contributed by atoms with Crippen LogP contribution in [0.25, 0.3) is 11.1 Å². The Morgan fingerprint density at radius 2 is 1.44 bits per heavy atom. The molecular weight excluding hydrogens is 554 g/mol. The Hall–Kier alpha value is -4.21. The van der Waals surface area contributed by atoms with E-state index in [9.17, 15) is 24.0 Å². The number of amides is 1. The van der Waals surface area contributed by atoms with Crippen molar-refractivity contribution >= 4 is 29.6 Å². The molecule has 1 saturated heterocycles. The van der Waals surface area contributed by atoms with Gasteiger partial charge in [0, 0.05) is 23.2 Å². The topological polar surface area (TPSA) is 126 Å². The number of benzene rings is 2. The molecule has 1 amide bonds. The predicted octanol–water partition coefficient (Wildman–Crippen LogP) is 5.29. The van der Waals surface area contributed by atoms with Crippen LogP contribution in [0, 0.1) is 5.92 Å². The minimum Gasteiger partial charge on any atom is -0.488 e. The molecular formula is C33H37NO9. The zero-order valence-corrected chi connectivity index (χ0v) is 24.8. The minimum absolute atomic E-state index is 0.105. The lowest BCUT2D eigenvalue weighted by Crippen LogP contribution is -2.44. The zero-order valence-electron chi connectivity index (χ0n) is 24.8. The van der Waals surface area contributed by atoms with E-state index in [0.29, 0.717) is 36.3 Å². The third-order valence-electron chi connectivity index (χ3n) is 7.94. The summed E-state index contributed by atoms with van der Waals surface area (Å²) in [5.41, 5.74) is 2.51. The maximum absolute atomic E-state index is 12.9. The van der Waals surface area contributed by atoms with Gasteiger partial charge in [0.2, 0.25) is 0 Å². The van der Waals surface area contributed by atoms with Gasteiger partial charge in [0.15, 0.2) is 24.8 Å². The van der Waals surface area contributed by atoms with Crippen molar-refractivity contribution in [1.29, 1.82) is 0 Å². The molecule has 0 spiro atoms. The van der Waals surface area contributed by atoms with E-state index in [1.807, 2.05) is 6.07 Å². The van der Waals surface area contributed by atoms with Gasteiger partial charge in [0.25, 0.3) is 0 Å². The second kappa shape index (κ2) is 12.6. The fourth-order valence-electron chi connectivity index (χ4n) is 5.71. The van der Waals surface area contributed by atoms with Crippen LogP contribution in [0.4, 0.5) is 4.79 Å². The van der Waals surface area contributed by atoms with E-state index in [-0.39, 0.29) is 30.9 Å². The molecule has 228 valence electrons. The van der Waals surface area contributed by atoms with Gasteiger partial charge in [-0.05, 0) is 75.8 Å². The number of nitrogens with zero attached hydrogens (tertiary/aromatic N) is 1.